The van der Waals surface area contributed by atoms with Gasteiger partial charge in [0, 0.05) is 22.6 Å². The Balaban J connectivity index is 1.67. The highest BCUT2D eigenvalue weighted by Gasteiger charge is 2.15. The van der Waals surface area contributed by atoms with E-state index in [2.05, 4.69) is 32.0 Å². The SMILES string of the molecule is CCCCCCCCOc1ccc(CCCCCCCC)cc1Cc1nc(-c2ccc(Cl)cc2)c(Cl)s1. The smallest absolute Gasteiger partial charge is 0.122 e. The molecule has 2 nitrogen and oxygen atoms in total. The summed E-state index contributed by atoms with van der Waals surface area (Å²) in [6, 6.07) is 14.5. The number of ether oxygens (including phenoxy) is 1. The molecule has 0 spiro atoms. The first-order valence-corrected chi connectivity index (χ1v) is 15.8. The van der Waals surface area contributed by atoms with E-state index in [-0.39, 0.29) is 0 Å². The van der Waals surface area contributed by atoms with E-state index in [9.17, 15) is 0 Å². The zero-order valence-corrected chi connectivity index (χ0v) is 25.0. The highest BCUT2D eigenvalue weighted by molar-refractivity contribution is 7.16. The van der Waals surface area contributed by atoms with Crippen molar-refractivity contribution in [2.75, 3.05) is 6.61 Å². The molecule has 0 N–H and O–H groups in total. The second kappa shape index (κ2) is 17.1. The molecule has 0 saturated carbocycles. The molecule has 202 valence electrons. The van der Waals surface area contributed by atoms with E-state index in [1.165, 1.54) is 81.8 Å². The lowest BCUT2D eigenvalue weighted by molar-refractivity contribution is 0.301. The first-order chi connectivity index (χ1) is 18.1. The van der Waals surface area contributed by atoms with Crippen molar-refractivity contribution in [1.29, 1.82) is 0 Å². The van der Waals surface area contributed by atoms with Gasteiger partial charge in [-0.3, -0.25) is 0 Å². The maximum atomic E-state index is 6.62. The van der Waals surface area contributed by atoms with Crippen LogP contribution in [0.1, 0.15) is 107 Å². The molecule has 0 bridgehead atoms. The maximum Gasteiger partial charge on any atom is 0.122 e. The number of halogens is 2. The average molecular weight is 561 g/mol. The lowest BCUT2D eigenvalue weighted by Crippen LogP contribution is -2.02. The Kier molecular flexibility index (Phi) is 13.9. The number of aromatic nitrogens is 1. The summed E-state index contributed by atoms with van der Waals surface area (Å²) in [5.74, 6) is 0.986. The molecule has 37 heavy (non-hydrogen) atoms. The van der Waals surface area contributed by atoms with Crippen molar-refractivity contribution < 1.29 is 4.74 Å². The van der Waals surface area contributed by atoms with Gasteiger partial charge >= 0.3 is 0 Å². The van der Waals surface area contributed by atoms with Crippen molar-refractivity contribution in [3.8, 4) is 17.0 Å². The van der Waals surface area contributed by atoms with Gasteiger partial charge in [0.15, 0.2) is 0 Å². The third kappa shape index (κ3) is 10.6. The molecular weight excluding hydrogens is 517 g/mol. The van der Waals surface area contributed by atoms with E-state index in [0.29, 0.717) is 5.02 Å². The molecule has 3 aromatic rings. The predicted octanol–water partition coefficient (Wildman–Crippen LogP) is 11.3. The Bertz CT molecular complexity index is 1050. The van der Waals surface area contributed by atoms with Gasteiger partial charge in [0.2, 0.25) is 0 Å². The second-order valence-electron chi connectivity index (χ2n) is 9.99. The molecule has 0 aliphatic rings. The molecule has 0 radical (unpaired) electrons. The van der Waals surface area contributed by atoms with Crippen LogP contribution < -0.4 is 4.74 Å². The molecule has 1 heterocycles. The van der Waals surface area contributed by atoms with Crippen LogP contribution in [0, 0.1) is 0 Å². The Morgan fingerprint density at radius 2 is 1.41 bits per heavy atom. The first kappa shape index (κ1) is 30.0. The number of thiazole rings is 1. The molecule has 0 fully saturated rings. The van der Waals surface area contributed by atoms with Crippen LogP contribution >= 0.6 is 34.5 Å². The zero-order chi connectivity index (χ0) is 26.3. The van der Waals surface area contributed by atoms with Crippen LogP contribution in [-0.4, -0.2) is 11.6 Å². The summed E-state index contributed by atoms with van der Waals surface area (Å²) >= 11 is 14.3. The van der Waals surface area contributed by atoms with Crippen LogP contribution in [0.25, 0.3) is 11.3 Å². The normalized spacial score (nSPS) is 11.2. The van der Waals surface area contributed by atoms with E-state index >= 15 is 0 Å². The van der Waals surface area contributed by atoms with E-state index < -0.39 is 0 Å². The van der Waals surface area contributed by atoms with Crippen molar-refractivity contribution in [2.24, 2.45) is 0 Å². The summed E-state index contributed by atoms with van der Waals surface area (Å²) < 4.78 is 7.02. The van der Waals surface area contributed by atoms with Crippen LogP contribution in [-0.2, 0) is 12.8 Å². The molecule has 0 atom stereocenters. The standard InChI is InChI=1S/C32H43Cl2NOS/c1-3-5-7-9-11-13-15-25-16-21-29(36-22-14-12-10-8-6-4-2)27(23-25)24-30-35-31(32(34)37-30)26-17-19-28(33)20-18-26/h16-21,23H,3-15,22,24H2,1-2H3. The summed E-state index contributed by atoms with van der Waals surface area (Å²) in [4.78, 5) is 4.91. The summed E-state index contributed by atoms with van der Waals surface area (Å²) in [6.45, 7) is 5.30. The van der Waals surface area contributed by atoms with Crippen molar-refractivity contribution >= 4 is 34.5 Å². The van der Waals surface area contributed by atoms with Gasteiger partial charge in [-0.1, -0.05) is 126 Å². The van der Waals surface area contributed by atoms with Gasteiger partial charge in [0.05, 0.1) is 11.6 Å². The number of benzene rings is 2. The highest BCUT2D eigenvalue weighted by Crippen LogP contribution is 2.35. The van der Waals surface area contributed by atoms with Gasteiger partial charge in [-0.15, -0.1) is 11.3 Å². The molecule has 2 aromatic carbocycles. The second-order valence-corrected chi connectivity index (χ2v) is 12.1. The summed E-state index contributed by atoms with van der Waals surface area (Å²) in [5, 5.41) is 1.72. The zero-order valence-electron chi connectivity index (χ0n) is 22.7. The molecule has 0 aliphatic heterocycles. The molecule has 3 rings (SSSR count). The number of hydrogen-bond acceptors (Lipinski definition) is 3. The van der Waals surface area contributed by atoms with E-state index in [0.717, 1.165) is 52.2 Å². The van der Waals surface area contributed by atoms with Gasteiger partial charge in [-0.2, -0.15) is 0 Å². The quantitative estimate of drug-likeness (QED) is 0.144. The predicted molar refractivity (Wildman–Crippen MR) is 163 cm³/mol. The van der Waals surface area contributed by atoms with Crippen LogP contribution in [0.5, 0.6) is 5.75 Å². The molecular formula is C32H43Cl2NOS. The number of nitrogens with zero attached hydrogens (tertiary/aromatic N) is 1. The fourth-order valence-electron chi connectivity index (χ4n) is 4.61. The van der Waals surface area contributed by atoms with Gasteiger partial charge in [0.25, 0.3) is 0 Å². The van der Waals surface area contributed by atoms with E-state index in [1.807, 2.05) is 24.3 Å². The third-order valence-electron chi connectivity index (χ3n) is 6.79. The Labute approximate surface area is 238 Å². The minimum atomic E-state index is 0.713. The molecule has 0 aliphatic carbocycles. The van der Waals surface area contributed by atoms with Crippen molar-refractivity contribution in [1.82, 2.24) is 4.98 Å². The molecule has 5 heteroatoms. The Morgan fingerprint density at radius 1 is 0.757 bits per heavy atom. The third-order valence-corrected chi connectivity index (χ3v) is 8.30. The topological polar surface area (TPSA) is 22.1 Å². The number of hydrogen-bond donors (Lipinski definition) is 0. The van der Waals surface area contributed by atoms with E-state index in [1.54, 1.807) is 11.3 Å². The number of unbranched alkanes of at least 4 members (excludes halogenated alkanes) is 10. The number of aryl methyl sites for hydroxylation is 1. The van der Waals surface area contributed by atoms with Gasteiger partial charge in [-0.25, -0.2) is 4.98 Å². The summed E-state index contributed by atoms with van der Waals surface area (Å²) in [5.41, 5.74) is 4.42. The summed E-state index contributed by atoms with van der Waals surface area (Å²) in [7, 11) is 0. The molecule has 0 unspecified atom stereocenters. The van der Waals surface area contributed by atoms with Crippen molar-refractivity contribution in [3.05, 3.63) is 68.0 Å². The maximum absolute atomic E-state index is 6.62. The monoisotopic (exact) mass is 559 g/mol. The lowest BCUT2D eigenvalue weighted by atomic mass is 10.0. The van der Waals surface area contributed by atoms with Crippen LogP contribution in [0.15, 0.2) is 42.5 Å². The Morgan fingerprint density at radius 3 is 2.11 bits per heavy atom. The van der Waals surface area contributed by atoms with E-state index in [4.69, 9.17) is 32.9 Å². The van der Waals surface area contributed by atoms with Crippen molar-refractivity contribution in [2.45, 2.75) is 104 Å². The fourth-order valence-corrected chi connectivity index (χ4v) is 5.98. The van der Waals surface area contributed by atoms with Crippen LogP contribution in [0.4, 0.5) is 0 Å². The molecule has 0 amide bonds. The van der Waals surface area contributed by atoms with Gasteiger partial charge < -0.3 is 4.74 Å². The minimum Gasteiger partial charge on any atom is -0.493 e. The largest absolute Gasteiger partial charge is 0.493 e. The summed E-state index contributed by atoms with van der Waals surface area (Å²) in [6.07, 6.45) is 17.3. The fraction of sp³-hybridized carbons (Fsp3) is 0.531. The highest BCUT2D eigenvalue weighted by atomic mass is 35.5. The average Bonchev–Trinajstić information content (AvgIpc) is 3.26. The number of rotatable bonds is 18. The van der Waals surface area contributed by atoms with Crippen LogP contribution in [0.3, 0.4) is 0 Å². The minimum absolute atomic E-state index is 0.713. The van der Waals surface area contributed by atoms with Crippen molar-refractivity contribution in [3.63, 3.8) is 0 Å². The van der Waals surface area contributed by atoms with Crippen LogP contribution in [0.2, 0.25) is 9.36 Å². The van der Waals surface area contributed by atoms with Gasteiger partial charge in [-0.05, 0) is 43.0 Å². The van der Waals surface area contributed by atoms with Gasteiger partial charge in [0.1, 0.15) is 15.8 Å². The molecule has 0 saturated heterocycles. The lowest BCUT2D eigenvalue weighted by Gasteiger charge is -2.13. The first-order valence-electron chi connectivity index (χ1n) is 14.3. The Hall–Kier alpha value is -1.55. The molecule has 1 aromatic heterocycles.